The molecule has 15 heavy (non-hydrogen) atoms. The Morgan fingerprint density at radius 2 is 2.40 bits per heavy atom. The Morgan fingerprint density at radius 3 is 2.93 bits per heavy atom. The molecule has 0 spiro atoms. The van der Waals surface area contributed by atoms with E-state index in [2.05, 4.69) is 5.32 Å². The van der Waals surface area contributed by atoms with E-state index in [1.54, 1.807) is 16.8 Å². The lowest BCUT2D eigenvalue weighted by atomic mass is 10.3. The van der Waals surface area contributed by atoms with E-state index in [1.165, 1.54) is 0 Å². The summed E-state index contributed by atoms with van der Waals surface area (Å²) in [6.07, 6.45) is 1.80. The van der Waals surface area contributed by atoms with Gasteiger partial charge in [-0.1, -0.05) is 12.2 Å². The van der Waals surface area contributed by atoms with Crippen molar-refractivity contribution in [1.29, 1.82) is 0 Å². The van der Waals surface area contributed by atoms with Gasteiger partial charge in [0.2, 0.25) is 5.91 Å². The fourth-order valence-corrected chi connectivity index (χ4v) is 1.56. The van der Waals surface area contributed by atoms with Crippen LogP contribution < -0.4 is 11.1 Å². The number of carbonyl (C=O) groups is 1. The number of hydrogen-bond acceptors (Lipinski definition) is 2. The molecule has 1 aromatic rings. The largest absolute Gasteiger partial charge is 0.388 e. The van der Waals surface area contributed by atoms with Gasteiger partial charge in [-0.15, -0.1) is 0 Å². The van der Waals surface area contributed by atoms with Crippen molar-refractivity contribution in [2.45, 2.75) is 19.9 Å². The van der Waals surface area contributed by atoms with E-state index in [4.69, 9.17) is 18.0 Å². The topological polar surface area (TPSA) is 60.0 Å². The Balaban J connectivity index is 2.90. The molecule has 0 aliphatic carbocycles. The minimum atomic E-state index is -0.295. The Labute approximate surface area is 94.5 Å². The molecular weight excluding hydrogens is 210 g/mol. The van der Waals surface area contributed by atoms with Crippen molar-refractivity contribution in [2.24, 2.45) is 5.73 Å². The van der Waals surface area contributed by atoms with Crippen LogP contribution in [-0.2, 0) is 4.79 Å². The molecule has 82 valence electrons. The molecule has 0 fully saturated rings. The van der Waals surface area contributed by atoms with Gasteiger partial charge in [0.05, 0.1) is 5.69 Å². The van der Waals surface area contributed by atoms with E-state index in [1.807, 2.05) is 19.9 Å². The first-order valence-electron chi connectivity index (χ1n) is 4.82. The maximum absolute atomic E-state index is 11.6. The van der Waals surface area contributed by atoms with Crippen LogP contribution >= 0.6 is 12.2 Å². The number of carbonyl (C=O) groups excluding carboxylic acids is 1. The van der Waals surface area contributed by atoms with Gasteiger partial charge in [0.15, 0.2) is 0 Å². The molecule has 0 radical (unpaired) electrons. The maximum Gasteiger partial charge on any atom is 0.242 e. The van der Waals surface area contributed by atoms with Gasteiger partial charge in [-0.3, -0.25) is 4.79 Å². The molecule has 1 heterocycles. The quantitative estimate of drug-likeness (QED) is 0.746. The van der Waals surface area contributed by atoms with Crippen LogP contribution in [0.15, 0.2) is 18.3 Å². The van der Waals surface area contributed by atoms with E-state index < -0.39 is 0 Å². The lowest BCUT2D eigenvalue weighted by molar-refractivity contribution is -0.123. The standard InChI is InChI=1S/C10H15N3OS/c1-3-12-10(14)7(2)13-6-4-5-8(13)9(11)15/h4-7H,3H2,1-2H3,(H2,11,15)(H,12,14). The first-order chi connectivity index (χ1) is 7.07. The molecule has 0 aliphatic rings. The van der Waals surface area contributed by atoms with E-state index >= 15 is 0 Å². The number of rotatable bonds is 4. The van der Waals surface area contributed by atoms with Gasteiger partial charge in [0, 0.05) is 12.7 Å². The Morgan fingerprint density at radius 1 is 1.73 bits per heavy atom. The summed E-state index contributed by atoms with van der Waals surface area (Å²) in [6, 6.07) is 3.33. The highest BCUT2D eigenvalue weighted by Gasteiger charge is 2.16. The third-order valence-corrected chi connectivity index (χ3v) is 2.39. The van der Waals surface area contributed by atoms with Crippen molar-refractivity contribution in [1.82, 2.24) is 9.88 Å². The van der Waals surface area contributed by atoms with Gasteiger partial charge in [-0.25, -0.2) is 0 Å². The Hall–Kier alpha value is -1.36. The average Bonchev–Trinajstić information content (AvgIpc) is 2.65. The smallest absolute Gasteiger partial charge is 0.242 e. The molecule has 1 atom stereocenters. The third-order valence-electron chi connectivity index (χ3n) is 2.18. The normalized spacial score (nSPS) is 12.1. The summed E-state index contributed by atoms with van der Waals surface area (Å²) in [6.45, 7) is 4.31. The Kier molecular flexibility index (Phi) is 3.85. The van der Waals surface area contributed by atoms with E-state index in [-0.39, 0.29) is 11.9 Å². The van der Waals surface area contributed by atoms with Crippen LogP contribution in [0.5, 0.6) is 0 Å². The zero-order chi connectivity index (χ0) is 11.4. The van der Waals surface area contributed by atoms with E-state index in [9.17, 15) is 4.79 Å². The number of nitrogens with two attached hydrogens (primary N) is 1. The van der Waals surface area contributed by atoms with Crippen molar-refractivity contribution in [3.05, 3.63) is 24.0 Å². The number of nitrogens with one attached hydrogen (secondary N) is 1. The molecule has 1 amide bonds. The summed E-state index contributed by atoms with van der Waals surface area (Å²) in [4.78, 5) is 11.9. The van der Waals surface area contributed by atoms with Crippen LogP contribution in [0, 0.1) is 0 Å². The number of thiocarbonyl (C=S) groups is 1. The summed E-state index contributed by atoms with van der Waals surface area (Å²) in [5, 5.41) is 2.76. The molecule has 1 rings (SSSR count). The lowest BCUT2D eigenvalue weighted by Crippen LogP contribution is -2.32. The average molecular weight is 225 g/mol. The zero-order valence-electron chi connectivity index (χ0n) is 8.86. The number of likely N-dealkylation sites (N-methyl/N-ethyl adjacent to an activating group) is 1. The molecule has 1 unspecified atom stereocenters. The molecule has 1 aromatic heterocycles. The van der Waals surface area contributed by atoms with Gasteiger partial charge in [0.25, 0.3) is 0 Å². The Bertz CT molecular complexity index is 372. The van der Waals surface area contributed by atoms with Crippen LogP contribution in [0.1, 0.15) is 25.6 Å². The number of amides is 1. The highest BCUT2D eigenvalue weighted by molar-refractivity contribution is 7.80. The van der Waals surface area contributed by atoms with Crippen LogP contribution in [0.4, 0.5) is 0 Å². The summed E-state index contributed by atoms with van der Waals surface area (Å²) in [5.41, 5.74) is 6.26. The van der Waals surface area contributed by atoms with Crippen LogP contribution in [0.3, 0.4) is 0 Å². The van der Waals surface area contributed by atoms with Gasteiger partial charge in [-0.2, -0.15) is 0 Å². The molecular formula is C10H15N3OS. The van der Waals surface area contributed by atoms with Crippen LogP contribution in [-0.4, -0.2) is 22.0 Å². The first-order valence-corrected chi connectivity index (χ1v) is 5.23. The molecule has 0 aliphatic heterocycles. The summed E-state index contributed by atoms with van der Waals surface area (Å²) < 4.78 is 1.77. The third kappa shape index (κ3) is 2.56. The monoisotopic (exact) mass is 225 g/mol. The van der Waals surface area contributed by atoms with Gasteiger partial charge >= 0.3 is 0 Å². The van der Waals surface area contributed by atoms with Crippen molar-refractivity contribution in [3.63, 3.8) is 0 Å². The van der Waals surface area contributed by atoms with Crippen molar-refractivity contribution >= 4 is 23.1 Å². The highest BCUT2D eigenvalue weighted by atomic mass is 32.1. The number of aromatic nitrogens is 1. The predicted molar refractivity (Wildman–Crippen MR) is 63.7 cm³/mol. The fraction of sp³-hybridized carbons (Fsp3) is 0.400. The van der Waals surface area contributed by atoms with Crippen LogP contribution in [0.25, 0.3) is 0 Å². The second-order valence-electron chi connectivity index (χ2n) is 3.24. The number of hydrogen-bond donors (Lipinski definition) is 2. The second-order valence-corrected chi connectivity index (χ2v) is 3.68. The molecule has 0 saturated heterocycles. The zero-order valence-corrected chi connectivity index (χ0v) is 9.67. The lowest BCUT2D eigenvalue weighted by Gasteiger charge is -2.16. The summed E-state index contributed by atoms with van der Waals surface area (Å²) in [5.74, 6) is -0.0359. The van der Waals surface area contributed by atoms with Crippen LogP contribution in [0.2, 0.25) is 0 Å². The molecule has 3 N–H and O–H groups in total. The minimum Gasteiger partial charge on any atom is -0.388 e. The fourth-order valence-electron chi connectivity index (χ4n) is 1.39. The predicted octanol–water partition coefficient (Wildman–Crippen LogP) is 0.819. The molecule has 0 bridgehead atoms. The highest BCUT2D eigenvalue weighted by Crippen LogP contribution is 2.11. The van der Waals surface area contributed by atoms with Crippen molar-refractivity contribution < 1.29 is 4.79 Å². The second kappa shape index (κ2) is 4.93. The maximum atomic E-state index is 11.6. The van der Waals surface area contributed by atoms with E-state index in [0.717, 1.165) is 0 Å². The summed E-state index contributed by atoms with van der Waals surface area (Å²) >= 11 is 4.90. The number of nitrogens with zero attached hydrogens (tertiary/aromatic N) is 1. The van der Waals surface area contributed by atoms with Gasteiger partial charge in [-0.05, 0) is 26.0 Å². The summed E-state index contributed by atoms with van der Waals surface area (Å²) in [7, 11) is 0. The van der Waals surface area contributed by atoms with Gasteiger partial charge < -0.3 is 15.6 Å². The SMILES string of the molecule is CCNC(=O)C(C)n1cccc1C(N)=S. The van der Waals surface area contributed by atoms with Crippen molar-refractivity contribution in [3.8, 4) is 0 Å². The molecule has 4 nitrogen and oxygen atoms in total. The molecule has 0 aromatic carbocycles. The molecule has 5 heteroatoms. The molecule has 0 saturated carbocycles. The first kappa shape index (κ1) is 11.7. The minimum absolute atomic E-state index is 0.0359. The van der Waals surface area contributed by atoms with Crippen molar-refractivity contribution in [2.75, 3.05) is 6.54 Å². The van der Waals surface area contributed by atoms with E-state index in [0.29, 0.717) is 17.2 Å². The van der Waals surface area contributed by atoms with Gasteiger partial charge in [0.1, 0.15) is 11.0 Å².